The molecule has 1 aliphatic rings. The number of thioether (sulfide) groups is 1. The molecule has 2 aromatic carbocycles. The molecule has 0 saturated heterocycles. The van der Waals surface area contributed by atoms with Crippen LogP contribution in [0.5, 0.6) is 0 Å². The summed E-state index contributed by atoms with van der Waals surface area (Å²) in [5.41, 5.74) is 2.91. The Morgan fingerprint density at radius 1 is 1.07 bits per heavy atom. The van der Waals surface area contributed by atoms with Crippen molar-refractivity contribution in [3.63, 3.8) is 0 Å². The number of rotatable bonds is 4. The van der Waals surface area contributed by atoms with Gasteiger partial charge in [0.25, 0.3) is 0 Å². The zero-order chi connectivity index (χ0) is 19.6. The molecule has 0 unspecified atom stereocenters. The lowest BCUT2D eigenvalue weighted by Gasteiger charge is -2.08. The summed E-state index contributed by atoms with van der Waals surface area (Å²) in [5, 5.41) is 4.56. The van der Waals surface area contributed by atoms with Gasteiger partial charge in [-0.15, -0.1) is 0 Å². The van der Waals surface area contributed by atoms with E-state index in [-0.39, 0.29) is 11.7 Å². The Labute approximate surface area is 173 Å². The molecule has 0 saturated carbocycles. The smallest absolute Gasteiger partial charge is 0.234 e. The largest absolute Gasteiger partial charge is 0.325 e. The lowest BCUT2D eigenvalue weighted by Crippen LogP contribution is -2.17. The molecule has 140 valence electrons. The van der Waals surface area contributed by atoms with Gasteiger partial charge in [-0.25, -0.2) is 4.99 Å². The Kier molecular flexibility index (Phi) is 5.94. The number of aryl methyl sites for hydroxylation is 1. The molecule has 1 amide bonds. The van der Waals surface area contributed by atoms with Gasteiger partial charge in [0.15, 0.2) is 0 Å². The van der Waals surface area contributed by atoms with Crippen molar-refractivity contribution in [3.8, 4) is 0 Å². The van der Waals surface area contributed by atoms with Crippen LogP contribution in [0.4, 0.5) is 5.69 Å². The van der Waals surface area contributed by atoms with Crippen molar-refractivity contribution in [2.45, 2.75) is 26.4 Å². The van der Waals surface area contributed by atoms with Gasteiger partial charge in [-0.2, -0.15) is 0 Å². The number of hydrogen-bond donors (Lipinski definition) is 1. The van der Waals surface area contributed by atoms with Gasteiger partial charge in [-0.1, -0.05) is 58.7 Å². The quantitative estimate of drug-likeness (QED) is 0.699. The van der Waals surface area contributed by atoms with Crippen molar-refractivity contribution in [1.29, 1.82) is 0 Å². The van der Waals surface area contributed by atoms with Gasteiger partial charge in [0.2, 0.25) is 5.91 Å². The molecule has 4 nitrogen and oxygen atoms in total. The molecule has 1 N–H and O–H groups in total. The fourth-order valence-corrected chi connectivity index (χ4v) is 3.77. The Morgan fingerprint density at radius 3 is 2.44 bits per heavy atom. The van der Waals surface area contributed by atoms with Crippen LogP contribution in [0.1, 0.15) is 25.0 Å². The first kappa shape index (κ1) is 19.9. The van der Waals surface area contributed by atoms with Crippen LogP contribution < -0.4 is 5.32 Å². The van der Waals surface area contributed by atoms with E-state index in [2.05, 4.69) is 15.3 Å². The molecule has 7 heteroatoms. The highest BCUT2D eigenvalue weighted by molar-refractivity contribution is 8.16. The summed E-state index contributed by atoms with van der Waals surface area (Å²) in [6.07, 6.45) is 0. The zero-order valence-corrected chi connectivity index (χ0v) is 17.5. The molecule has 0 bridgehead atoms. The summed E-state index contributed by atoms with van der Waals surface area (Å²) < 4.78 is 0. The topological polar surface area (TPSA) is 53.8 Å². The first-order valence-electron chi connectivity index (χ1n) is 8.38. The van der Waals surface area contributed by atoms with Gasteiger partial charge in [0, 0.05) is 11.3 Å². The monoisotopic (exact) mass is 419 g/mol. The van der Waals surface area contributed by atoms with Crippen LogP contribution in [-0.4, -0.2) is 28.1 Å². The van der Waals surface area contributed by atoms with Crippen molar-refractivity contribution in [1.82, 2.24) is 0 Å². The van der Waals surface area contributed by atoms with Crippen LogP contribution >= 0.6 is 35.0 Å². The van der Waals surface area contributed by atoms with Crippen LogP contribution in [-0.2, 0) is 4.79 Å². The number of benzene rings is 2. The predicted octanol–water partition coefficient (Wildman–Crippen LogP) is 5.61. The fraction of sp³-hybridized carbons (Fsp3) is 0.250. The van der Waals surface area contributed by atoms with Crippen LogP contribution in [0.3, 0.4) is 0 Å². The van der Waals surface area contributed by atoms with Crippen molar-refractivity contribution < 1.29 is 4.79 Å². The van der Waals surface area contributed by atoms with E-state index < -0.39 is 5.66 Å². The maximum atomic E-state index is 12.3. The highest BCUT2D eigenvalue weighted by atomic mass is 35.5. The van der Waals surface area contributed by atoms with Gasteiger partial charge in [0.05, 0.1) is 21.5 Å². The molecule has 1 aliphatic heterocycles. The summed E-state index contributed by atoms with van der Waals surface area (Å²) in [4.78, 5) is 21.6. The van der Waals surface area contributed by atoms with E-state index in [1.807, 2.05) is 51.1 Å². The van der Waals surface area contributed by atoms with Crippen LogP contribution in [0.2, 0.25) is 10.0 Å². The number of halogens is 2. The predicted molar refractivity (Wildman–Crippen MR) is 117 cm³/mol. The molecule has 2 aromatic rings. The Morgan fingerprint density at radius 2 is 1.78 bits per heavy atom. The number of aliphatic imine (C=N–C) groups is 2. The zero-order valence-electron chi connectivity index (χ0n) is 15.2. The van der Waals surface area contributed by atoms with Gasteiger partial charge in [-0.05, 0) is 45.0 Å². The molecule has 0 fully saturated rings. The third kappa shape index (κ3) is 5.12. The molecular formula is C20H19Cl2N3OS. The molecule has 1 heterocycles. The summed E-state index contributed by atoms with van der Waals surface area (Å²) in [7, 11) is 0. The van der Waals surface area contributed by atoms with E-state index in [4.69, 9.17) is 23.2 Å². The maximum Gasteiger partial charge on any atom is 0.234 e. The second-order valence-electron chi connectivity index (χ2n) is 6.70. The second-order valence-corrected chi connectivity index (χ2v) is 8.48. The molecule has 3 rings (SSSR count). The minimum atomic E-state index is -0.572. The highest BCUT2D eigenvalue weighted by Crippen LogP contribution is 2.29. The molecule has 0 atom stereocenters. The van der Waals surface area contributed by atoms with Crippen molar-refractivity contribution >= 4 is 57.3 Å². The van der Waals surface area contributed by atoms with E-state index in [1.54, 1.807) is 12.1 Å². The highest BCUT2D eigenvalue weighted by Gasteiger charge is 2.28. The van der Waals surface area contributed by atoms with E-state index in [1.165, 1.54) is 11.8 Å². The Balaban J connectivity index is 1.70. The van der Waals surface area contributed by atoms with Crippen molar-refractivity contribution in [2.75, 3.05) is 11.1 Å². The minimum absolute atomic E-state index is 0.0928. The Hall–Kier alpha value is -1.82. The van der Waals surface area contributed by atoms with Crippen LogP contribution in [0.25, 0.3) is 0 Å². The van der Waals surface area contributed by atoms with Gasteiger partial charge >= 0.3 is 0 Å². The van der Waals surface area contributed by atoms with Crippen LogP contribution in [0.15, 0.2) is 52.4 Å². The maximum absolute atomic E-state index is 12.3. The fourth-order valence-electron chi connectivity index (χ4n) is 2.55. The molecule has 0 spiro atoms. The summed E-state index contributed by atoms with van der Waals surface area (Å²) in [6, 6.07) is 13.1. The third-order valence-electron chi connectivity index (χ3n) is 3.83. The van der Waals surface area contributed by atoms with E-state index >= 15 is 0 Å². The first-order valence-corrected chi connectivity index (χ1v) is 10.1. The van der Waals surface area contributed by atoms with E-state index in [9.17, 15) is 4.79 Å². The Bertz CT molecular complexity index is 937. The molecule has 0 aliphatic carbocycles. The van der Waals surface area contributed by atoms with Crippen molar-refractivity contribution in [3.05, 3.63) is 63.6 Å². The SMILES string of the molecule is Cc1ccc(NC(=O)CSC2=NC(C)(C)N=C2c2ccc(Cl)c(Cl)c2)cc1. The molecular weight excluding hydrogens is 401 g/mol. The first-order chi connectivity index (χ1) is 12.7. The number of hydrogen-bond acceptors (Lipinski definition) is 4. The van der Waals surface area contributed by atoms with Gasteiger partial charge in [0.1, 0.15) is 10.7 Å². The van der Waals surface area contributed by atoms with Crippen molar-refractivity contribution in [2.24, 2.45) is 9.98 Å². The average Bonchev–Trinajstić information content (AvgIpc) is 2.92. The lowest BCUT2D eigenvalue weighted by atomic mass is 10.1. The number of carbonyl (C=O) groups excluding carboxylic acids is 1. The molecule has 27 heavy (non-hydrogen) atoms. The lowest BCUT2D eigenvalue weighted by molar-refractivity contribution is -0.113. The molecule has 0 radical (unpaired) electrons. The van der Waals surface area contributed by atoms with Gasteiger partial charge in [-0.3, -0.25) is 9.79 Å². The number of nitrogens with one attached hydrogen (secondary N) is 1. The van der Waals surface area contributed by atoms with Gasteiger partial charge < -0.3 is 5.32 Å². The molecule has 0 aromatic heterocycles. The normalized spacial score (nSPS) is 15.3. The number of anilines is 1. The van der Waals surface area contributed by atoms with E-state index in [0.717, 1.165) is 27.6 Å². The average molecular weight is 420 g/mol. The summed E-state index contributed by atoms with van der Waals surface area (Å²) >= 11 is 13.5. The number of nitrogens with zero attached hydrogens (tertiary/aromatic N) is 2. The summed E-state index contributed by atoms with van der Waals surface area (Å²) in [6.45, 7) is 5.85. The standard InChI is InChI=1S/C20H19Cl2N3OS/c1-12-4-7-14(8-5-12)23-17(26)11-27-19-18(24-20(2,3)25-19)13-6-9-15(21)16(22)10-13/h4-10H,11H2,1-3H3,(H,23,26). The minimum Gasteiger partial charge on any atom is -0.325 e. The number of amides is 1. The summed E-state index contributed by atoms with van der Waals surface area (Å²) in [5.74, 6) is 0.146. The van der Waals surface area contributed by atoms with E-state index in [0.29, 0.717) is 10.0 Å². The number of carbonyl (C=O) groups is 1. The third-order valence-corrected chi connectivity index (χ3v) is 5.54. The van der Waals surface area contributed by atoms with Crippen LogP contribution in [0, 0.1) is 6.92 Å². The second kappa shape index (κ2) is 8.05.